The Hall–Kier alpha value is -4.45. The Labute approximate surface area is 436 Å². The van der Waals surface area contributed by atoms with Crippen LogP contribution in [0.15, 0.2) is 134 Å². The van der Waals surface area contributed by atoms with E-state index in [1.807, 2.05) is 0 Å². The lowest BCUT2D eigenvalue weighted by Gasteiger charge is -2.18. The van der Waals surface area contributed by atoms with Crippen LogP contribution in [0.4, 0.5) is 0 Å². The van der Waals surface area contributed by atoms with Gasteiger partial charge in [-0.15, -0.1) is 0 Å². The van der Waals surface area contributed by atoms with Gasteiger partial charge in [-0.3, -0.25) is 14.4 Å². The van der Waals surface area contributed by atoms with E-state index in [2.05, 4.69) is 154 Å². The first kappa shape index (κ1) is 66.6. The minimum atomic E-state index is -0.793. The quantitative estimate of drug-likeness (QED) is 0.0262. The fourth-order valence-corrected chi connectivity index (χ4v) is 7.41. The van der Waals surface area contributed by atoms with Gasteiger partial charge in [0.1, 0.15) is 13.2 Å². The maximum absolute atomic E-state index is 12.7. The third-order valence-electron chi connectivity index (χ3n) is 11.7. The van der Waals surface area contributed by atoms with Crippen molar-refractivity contribution in [1.29, 1.82) is 0 Å². The number of carbonyl (C=O) groups is 3. The molecule has 400 valence electrons. The van der Waals surface area contributed by atoms with E-state index in [0.717, 1.165) is 154 Å². The lowest BCUT2D eigenvalue weighted by Crippen LogP contribution is -2.30. The number of hydrogen-bond donors (Lipinski definition) is 0. The summed E-state index contributed by atoms with van der Waals surface area (Å²) in [6.07, 6.45) is 82.2. The summed E-state index contributed by atoms with van der Waals surface area (Å²) in [5, 5.41) is 0. The lowest BCUT2D eigenvalue weighted by atomic mass is 10.1. The van der Waals surface area contributed by atoms with Crippen LogP contribution < -0.4 is 0 Å². The van der Waals surface area contributed by atoms with Crippen LogP contribution in [0.1, 0.15) is 239 Å². The summed E-state index contributed by atoms with van der Waals surface area (Å²) in [7, 11) is 0. The topological polar surface area (TPSA) is 78.9 Å². The SMILES string of the molecule is CC/C=C\C/C=C\C/C=C\C/C=C\C/C=C\C/C=C\C/C=C\C/C=C\CCCCCCCCCCCCC(=O)OCC(COC(=O)CCCCCCC)OC(=O)CCCCC/C=C\C/C=C\C/C=C\CC. The zero-order valence-corrected chi connectivity index (χ0v) is 45.7. The maximum Gasteiger partial charge on any atom is 0.306 e. The fourth-order valence-electron chi connectivity index (χ4n) is 7.41. The van der Waals surface area contributed by atoms with Crippen LogP contribution in [-0.2, 0) is 28.6 Å². The van der Waals surface area contributed by atoms with Crippen molar-refractivity contribution in [2.75, 3.05) is 13.2 Å². The van der Waals surface area contributed by atoms with E-state index < -0.39 is 6.10 Å². The molecule has 0 saturated heterocycles. The standard InChI is InChI=1S/C65H104O6/c1-4-7-10-13-15-17-19-21-22-23-24-25-26-27-28-29-30-31-32-33-34-35-36-37-38-39-40-41-42-44-45-47-49-52-55-58-64(67)70-61-62(60-69-63(66)57-54-51-12-9-6-3)71-65(68)59-56-53-50-48-46-43-20-18-16-14-11-8-5-2/h7-8,10-11,15-18,21-22,24-25,27-28,30-31,33-34,36-37,43,46,62H,4-6,9,12-14,19-20,23,26,29,32,35,38-42,44-45,47-61H2,1-3H3/b10-7-,11-8-,17-15-,18-16-,22-21-,25-24-,28-27-,31-30-,34-33-,37-36-,46-43-. The molecule has 0 aliphatic rings. The minimum absolute atomic E-state index is 0.0941. The van der Waals surface area contributed by atoms with Gasteiger partial charge < -0.3 is 14.2 Å². The normalized spacial score (nSPS) is 13.1. The molecule has 0 fully saturated rings. The van der Waals surface area contributed by atoms with Crippen molar-refractivity contribution >= 4 is 17.9 Å². The molecule has 0 aromatic rings. The number of unbranched alkanes of at least 4 members (excludes halogenated alkanes) is 17. The third kappa shape index (κ3) is 56.3. The predicted octanol–water partition coefficient (Wildman–Crippen LogP) is 19.4. The van der Waals surface area contributed by atoms with Crippen molar-refractivity contribution in [3.63, 3.8) is 0 Å². The van der Waals surface area contributed by atoms with Gasteiger partial charge in [-0.05, 0) is 116 Å². The van der Waals surface area contributed by atoms with E-state index in [4.69, 9.17) is 14.2 Å². The average Bonchev–Trinajstić information content (AvgIpc) is 3.37. The number of hydrogen-bond acceptors (Lipinski definition) is 6. The summed E-state index contributed by atoms with van der Waals surface area (Å²) < 4.78 is 16.6. The molecular formula is C65H104O6. The van der Waals surface area contributed by atoms with Gasteiger partial charge in [0, 0.05) is 19.3 Å². The molecule has 0 aliphatic carbocycles. The smallest absolute Gasteiger partial charge is 0.306 e. The molecule has 6 nitrogen and oxygen atoms in total. The second-order valence-corrected chi connectivity index (χ2v) is 18.4. The molecular weight excluding hydrogens is 877 g/mol. The Bertz CT molecular complexity index is 1550. The minimum Gasteiger partial charge on any atom is -0.462 e. The molecule has 0 aromatic carbocycles. The van der Waals surface area contributed by atoms with E-state index in [1.165, 1.54) is 44.9 Å². The van der Waals surface area contributed by atoms with Gasteiger partial charge in [0.2, 0.25) is 0 Å². The first-order valence-electron chi connectivity index (χ1n) is 28.7. The molecule has 71 heavy (non-hydrogen) atoms. The van der Waals surface area contributed by atoms with Crippen molar-refractivity contribution in [3.8, 4) is 0 Å². The zero-order chi connectivity index (χ0) is 51.4. The van der Waals surface area contributed by atoms with Crippen LogP contribution in [0.3, 0.4) is 0 Å². The summed E-state index contributed by atoms with van der Waals surface area (Å²) in [6, 6.07) is 0. The predicted molar refractivity (Wildman–Crippen MR) is 306 cm³/mol. The Morgan fingerprint density at radius 3 is 0.873 bits per heavy atom. The number of ether oxygens (including phenoxy) is 3. The van der Waals surface area contributed by atoms with Crippen LogP contribution in [-0.4, -0.2) is 37.2 Å². The van der Waals surface area contributed by atoms with E-state index in [-0.39, 0.29) is 37.5 Å². The maximum atomic E-state index is 12.7. The molecule has 0 amide bonds. The summed E-state index contributed by atoms with van der Waals surface area (Å²) in [6.45, 7) is 6.28. The van der Waals surface area contributed by atoms with Crippen LogP contribution in [0.5, 0.6) is 0 Å². The van der Waals surface area contributed by atoms with Gasteiger partial charge in [-0.1, -0.05) is 238 Å². The monoisotopic (exact) mass is 981 g/mol. The molecule has 0 radical (unpaired) electrons. The van der Waals surface area contributed by atoms with Crippen LogP contribution in [0.2, 0.25) is 0 Å². The summed E-state index contributed by atoms with van der Waals surface area (Å²) >= 11 is 0. The highest BCUT2D eigenvalue weighted by Crippen LogP contribution is 2.14. The first-order valence-corrected chi connectivity index (χ1v) is 28.7. The first-order chi connectivity index (χ1) is 35.0. The molecule has 1 unspecified atom stereocenters. The van der Waals surface area contributed by atoms with Gasteiger partial charge in [0.15, 0.2) is 6.10 Å². The second kappa shape index (κ2) is 58.1. The molecule has 0 N–H and O–H groups in total. The van der Waals surface area contributed by atoms with E-state index in [0.29, 0.717) is 12.8 Å². The van der Waals surface area contributed by atoms with Gasteiger partial charge in [0.05, 0.1) is 0 Å². The van der Waals surface area contributed by atoms with E-state index in [9.17, 15) is 14.4 Å². The molecule has 0 saturated carbocycles. The third-order valence-corrected chi connectivity index (χ3v) is 11.7. The van der Waals surface area contributed by atoms with E-state index >= 15 is 0 Å². The van der Waals surface area contributed by atoms with Gasteiger partial charge in [0.25, 0.3) is 0 Å². The number of esters is 3. The van der Waals surface area contributed by atoms with Gasteiger partial charge in [-0.2, -0.15) is 0 Å². The van der Waals surface area contributed by atoms with Gasteiger partial charge in [-0.25, -0.2) is 0 Å². The van der Waals surface area contributed by atoms with Crippen molar-refractivity contribution in [2.45, 2.75) is 245 Å². The fraction of sp³-hybridized carbons (Fsp3) is 0.615. The number of rotatable bonds is 50. The van der Waals surface area contributed by atoms with Crippen molar-refractivity contribution in [1.82, 2.24) is 0 Å². The van der Waals surface area contributed by atoms with Crippen molar-refractivity contribution in [3.05, 3.63) is 134 Å². The number of carbonyl (C=O) groups excluding carboxylic acids is 3. The van der Waals surface area contributed by atoms with Crippen LogP contribution in [0.25, 0.3) is 0 Å². The van der Waals surface area contributed by atoms with Crippen LogP contribution in [0, 0.1) is 0 Å². The summed E-state index contributed by atoms with van der Waals surface area (Å²) in [5.41, 5.74) is 0. The number of allylic oxidation sites excluding steroid dienone is 22. The molecule has 0 heterocycles. The van der Waals surface area contributed by atoms with Crippen molar-refractivity contribution < 1.29 is 28.6 Å². The van der Waals surface area contributed by atoms with Crippen molar-refractivity contribution in [2.24, 2.45) is 0 Å². The molecule has 0 spiro atoms. The Morgan fingerprint density at radius 1 is 0.296 bits per heavy atom. The Kier molecular flexibility index (Phi) is 54.5. The highest BCUT2D eigenvalue weighted by Gasteiger charge is 2.19. The Morgan fingerprint density at radius 2 is 0.549 bits per heavy atom. The highest BCUT2D eigenvalue weighted by molar-refractivity contribution is 5.71. The summed E-state index contributed by atoms with van der Waals surface area (Å²) in [4.78, 5) is 37.7. The molecule has 0 bridgehead atoms. The molecule has 0 rings (SSSR count). The Balaban J connectivity index is 4.04. The van der Waals surface area contributed by atoms with Crippen LogP contribution >= 0.6 is 0 Å². The molecule has 1 atom stereocenters. The summed E-state index contributed by atoms with van der Waals surface area (Å²) in [5.74, 6) is -0.949. The highest BCUT2D eigenvalue weighted by atomic mass is 16.6. The molecule has 0 aliphatic heterocycles. The zero-order valence-electron chi connectivity index (χ0n) is 45.7. The van der Waals surface area contributed by atoms with E-state index in [1.54, 1.807) is 0 Å². The average molecular weight is 982 g/mol. The second-order valence-electron chi connectivity index (χ2n) is 18.4. The molecule has 0 aromatic heterocycles. The lowest BCUT2D eigenvalue weighted by molar-refractivity contribution is -0.167. The van der Waals surface area contributed by atoms with Gasteiger partial charge >= 0.3 is 17.9 Å². The molecule has 6 heteroatoms. The largest absolute Gasteiger partial charge is 0.462 e.